The molecular formula is C34H37FN4O4. The monoisotopic (exact) mass is 584 g/mol. The van der Waals surface area contributed by atoms with Gasteiger partial charge in [0.2, 0.25) is 0 Å². The van der Waals surface area contributed by atoms with Crippen molar-refractivity contribution in [3.8, 4) is 17.6 Å². The summed E-state index contributed by atoms with van der Waals surface area (Å²) in [6.45, 7) is 7.90. The van der Waals surface area contributed by atoms with E-state index in [2.05, 4.69) is 17.9 Å². The second-order valence-electron chi connectivity index (χ2n) is 11.1. The lowest BCUT2D eigenvalue weighted by molar-refractivity contribution is -0.137. The normalized spacial score (nSPS) is 21.7. The minimum Gasteiger partial charge on any atom is -0.494 e. The molecule has 0 aliphatic carbocycles. The molecule has 4 atom stereocenters. The van der Waals surface area contributed by atoms with Crippen LogP contribution in [-0.4, -0.2) is 48.6 Å². The van der Waals surface area contributed by atoms with E-state index in [0.717, 1.165) is 35.6 Å². The Morgan fingerprint density at radius 1 is 1.09 bits per heavy atom. The number of carboxylic acids is 1. The molecule has 8 nitrogen and oxygen atoms in total. The molecule has 3 aromatic carbocycles. The summed E-state index contributed by atoms with van der Waals surface area (Å²) in [5.41, 5.74) is 3.60. The van der Waals surface area contributed by atoms with Gasteiger partial charge in [-0.05, 0) is 67.4 Å². The first-order chi connectivity index (χ1) is 20.8. The van der Waals surface area contributed by atoms with Crippen molar-refractivity contribution in [3.63, 3.8) is 0 Å². The minimum absolute atomic E-state index is 0.0303. The van der Waals surface area contributed by atoms with Crippen LogP contribution in [0, 0.1) is 29.0 Å². The Morgan fingerprint density at radius 3 is 2.44 bits per heavy atom. The molecule has 1 fully saturated rings. The number of carbonyl (C=O) groups is 1. The molecule has 0 radical (unpaired) electrons. The third-order valence-corrected chi connectivity index (χ3v) is 8.26. The Labute approximate surface area is 251 Å². The van der Waals surface area contributed by atoms with Gasteiger partial charge >= 0.3 is 5.97 Å². The number of hydrazone groups is 1. The minimum atomic E-state index is -0.880. The molecule has 224 valence electrons. The van der Waals surface area contributed by atoms with Crippen molar-refractivity contribution in [1.29, 1.82) is 5.26 Å². The molecule has 2 heterocycles. The van der Waals surface area contributed by atoms with Crippen molar-refractivity contribution in [2.45, 2.75) is 52.2 Å². The zero-order valence-corrected chi connectivity index (χ0v) is 24.7. The average molecular weight is 585 g/mol. The summed E-state index contributed by atoms with van der Waals surface area (Å²) in [5, 5.41) is 25.6. The number of halogens is 1. The van der Waals surface area contributed by atoms with E-state index in [1.807, 2.05) is 55.3 Å². The molecular weight excluding hydrogens is 547 g/mol. The Hall–Kier alpha value is -4.58. The fourth-order valence-corrected chi connectivity index (χ4v) is 6.09. The average Bonchev–Trinajstić information content (AvgIpc) is 3.37. The van der Waals surface area contributed by atoms with Crippen LogP contribution in [0.3, 0.4) is 0 Å². The first kappa shape index (κ1) is 29.9. The molecule has 0 saturated carbocycles. The fraction of sp³-hybridized carbons (Fsp3) is 0.382. The maximum Gasteiger partial charge on any atom is 0.305 e. The Bertz CT molecular complexity index is 1500. The van der Waals surface area contributed by atoms with Gasteiger partial charge in [0, 0.05) is 37.4 Å². The smallest absolute Gasteiger partial charge is 0.305 e. The number of rotatable bonds is 10. The van der Waals surface area contributed by atoms with Crippen LogP contribution in [0.1, 0.15) is 51.2 Å². The van der Waals surface area contributed by atoms with Crippen LogP contribution >= 0.6 is 0 Å². The van der Waals surface area contributed by atoms with E-state index >= 15 is 0 Å². The molecule has 43 heavy (non-hydrogen) atoms. The van der Waals surface area contributed by atoms with Crippen LogP contribution in [0.25, 0.3) is 0 Å². The Kier molecular flexibility index (Phi) is 9.15. The highest BCUT2D eigenvalue weighted by atomic mass is 19.1. The number of carboxylic acid groups (broad SMARTS) is 1. The molecule has 0 aromatic heterocycles. The maximum absolute atomic E-state index is 14.6. The SMILES string of the molecule is CCOc1ccc(F)c(N2CC[C@@H](Oc3ccc(N4N=C(c5ccc(C#N)cc5)[C@@H](CC)[C@@H]4CC(=O)O)cc3)[C@@H](C)C2)c1. The van der Waals surface area contributed by atoms with E-state index < -0.39 is 5.97 Å². The summed E-state index contributed by atoms with van der Waals surface area (Å²) >= 11 is 0. The van der Waals surface area contributed by atoms with Crippen LogP contribution in [-0.2, 0) is 4.79 Å². The Balaban J connectivity index is 1.30. The number of nitrogens with zero attached hydrogens (tertiary/aromatic N) is 4. The highest BCUT2D eigenvalue weighted by Crippen LogP contribution is 2.36. The lowest BCUT2D eigenvalue weighted by Gasteiger charge is -2.38. The molecule has 1 saturated heterocycles. The number of nitriles is 1. The number of anilines is 2. The number of ether oxygens (including phenoxy) is 2. The zero-order chi connectivity index (χ0) is 30.5. The summed E-state index contributed by atoms with van der Waals surface area (Å²) in [6.07, 6.45) is 1.39. The largest absolute Gasteiger partial charge is 0.494 e. The topological polar surface area (TPSA) is 98.4 Å². The van der Waals surface area contributed by atoms with Crippen molar-refractivity contribution >= 4 is 23.1 Å². The zero-order valence-electron chi connectivity index (χ0n) is 24.7. The van der Waals surface area contributed by atoms with Crippen molar-refractivity contribution in [2.24, 2.45) is 16.9 Å². The van der Waals surface area contributed by atoms with Gasteiger partial charge in [0.1, 0.15) is 23.4 Å². The molecule has 5 rings (SSSR count). The lowest BCUT2D eigenvalue weighted by Crippen LogP contribution is -2.44. The molecule has 0 unspecified atom stereocenters. The quantitative estimate of drug-likeness (QED) is 0.291. The van der Waals surface area contributed by atoms with Gasteiger partial charge in [-0.25, -0.2) is 4.39 Å². The fourth-order valence-electron chi connectivity index (χ4n) is 6.09. The third kappa shape index (κ3) is 6.59. The molecule has 1 N–H and O–H groups in total. The van der Waals surface area contributed by atoms with Crippen LogP contribution < -0.4 is 19.4 Å². The molecule has 0 spiro atoms. The van der Waals surface area contributed by atoms with E-state index in [-0.39, 0.29) is 36.2 Å². The highest BCUT2D eigenvalue weighted by Gasteiger charge is 2.39. The van der Waals surface area contributed by atoms with Gasteiger partial charge in [-0.3, -0.25) is 9.80 Å². The maximum atomic E-state index is 14.6. The first-order valence-electron chi connectivity index (χ1n) is 14.8. The van der Waals surface area contributed by atoms with Gasteiger partial charge in [0.25, 0.3) is 0 Å². The summed E-state index contributed by atoms with van der Waals surface area (Å²) < 4.78 is 26.6. The molecule has 2 aliphatic rings. The summed E-state index contributed by atoms with van der Waals surface area (Å²) in [5.74, 6) is 0.318. The third-order valence-electron chi connectivity index (χ3n) is 8.26. The van der Waals surface area contributed by atoms with Gasteiger partial charge in [0.05, 0.1) is 47.8 Å². The van der Waals surface area contributed by atoms with Crippen LogP contribution in [0.15, 0.2) is 71.8 Å². The molecule has 0 bridgehead atoms. The molecule has 9 heteroatoms. The number of hydrogen-bond acceptors (Lipinski definition) is 7. The van der Waals surface area contributed by atoms with Crippen LogP contribution in [0.2, 0.25) is 0 Å². The van der Waals surface area contributed by atoms with E-state index in [9.17, 15) is 19.6 Å². The number of benzene rings is 3. The second kappa shape index (κ2) is 13.2. The number of hydrogen-bond donors (Lipinski definition) is 1. The second-order valence-corrected chi connectivity index (χ2v) is 11.1. The first-order valence-corrected chi connectivity index (χ1v) is 14.8. The van der Waals surface area contributed by atoms with Gasteiger partial charge < -0.3 is 19.5 Å². The van der Waals surface area contributed by atoms with Crippen molar-refractivity contribution in [1.82, 2.24) is 0 Å². The van der Waals surface area contributed by atoms with E-state index in [0.29, 0.717) is 36.7 Å². The van der Waals surface area contributed by atoms with Crippen molar-refractivity contribution in [3.05, 3.63) is 83.7 Å². The molecule has 2 aliphatic heterocycles. The summed E-state index contributed by atoms with van der Waals surface area (Å²) in [4.78, 5) is 13.9. The number of aliphatic carboxylic acids is 1. The van der Waals surface area contributed by atoms with Crippen LogP contribution in [0.5, 0.6) is 11.5 Å². The van der Waals surface area contributed by atoms with E-state index in [4.69, 9.17) is 14.6 Å². The predicted molar refractivity (Wildman–Crippen MR) is 164 cm³/mol. The summed E-state index contributed by atoms with van der Waals surface area (Å²) in [6, 6.07) is 21.5. The molecule has 3 aromatic rings. The van der Waals surface area contributed by atoms with E-state index in [1.54, 1.807) is 24.3 Å². The van der Waals surface area contributed by atoms with E-state index in [1.165, 1.54) is 6.07 Å². The molecule has 0 amide bonds. The predicted octanol–water partition coefficient (Wildman–Crippen LogP) is 6.48. The van der Waals surface area contributed by atoms with Crippen molar-refractivity contribution in [2.75, 3.05) is 29.6 Å². The number of piperidine rings is 1. The van der Waals surface area contributed by atoms with Gasteiger partial charge in [-0.1, -0.05) is 26.0 Å². The van der Waals surface area contributed by atoms with Crippen LogP contribution in [0.4, 0.5) is 15.8 Å². The highest BCUT2D eigenvalue weighted by molar-refractivity contribution is 6.05. The summed E-state index contributed by atoms with van der Waals surface area (Å²) in [7, 11) is 0. The Morgan fingerprint density at radius 2 is 1.81 bits per heavy atom. The lowest BCUT2D eigenvalue weighted by atomic mass is 9.87. The standard InChI is InChI=1S/C34H37FN4O4/c1-4-28-30(19-33(40)41)39(37-34(28)24-8-6-23(20-36)7-9-24)25-10-12-26(13-11-25)43-32-16-17-38(21-22(32)3)31-18-27(42-5-2)14-15-29(31)35/h6-15,18,22,28,30,32H,4-5,16-17,19,21H2,1-3H3,(H,40,41)/t22-,28-,30-,32+/m0/s1. The van der Waals surface area contributed by atoms with Gasteiger partial charge in [-0.2, -0.15) is 10.4 Å². The van der Waals surface area contributed by atoms with Gasteiger partial charge in [-0.15, -0.1) is 0 Å². The van der Waals surface area contributed by atoms with Crippen molar-refractivity contribution < 1.29 is 23.8 Å². The van der Waals surface area contributed by atoms with Gasteiger partial charge in [0.15, 0.2) is 0 Å².